The highest BCUT2D eigenvalue weighted by Crippen LogP contribution is 2.21. The smallest absolute Gasteiger partial charge is 0.219 e. The normalized spacial score (nSPS) is 14.1. The maximum Gasteiger partial charge on any atom is 0.219 e. The lowest BCUT2D eigenvalue weighted by Gasteiger charge is -2.22. The molecule has 0 saturated heterocycles. The molecule has 0 heterocycles. The third-order valence-corrected chi connectivity index (χ3v) is 3.32. The topological polar surface area (TPSA) is 52.6 Å². The second-order valence-electron chi connectivity index (χ2n) is 5.46. The van der Waals surface area contributed by atoms with Gasteiger partial charge in [0.15, 0.2) is 0 Å². The van der Waals surface area contributed by atoms with Crippen molar-refractivity contribution >= 4 is 5.91 Å². The third-order valence-electron chi connectivity index (χ3n) is 3.32. The molecule has 0 aliphatic rings. The van der Waals surface area contributed by atoms with Gasteiger partial charge in [0.2, 0.25) is 5.91 Å². The monoisotopic (exact) mass is 278 g/mol. The van der Waals surface area contributed by atoms with Crippen molar-refractivity contribution < 1.29 is 9.90 Å². The lowest BCUT2D eigenvalue weighted by Crippen LogP contribution is -2.32. The zero-order chi connectivity index (χ0) is 15.1. The number of hydrogen-bond donors (Lipinski definition) is 2. The van der Waals surface area contributed by atoms with Gasteiger partial charge in [0.25, 0.3) is 0 Å². The fraction of sp³-hybridized carbons (Fsp3) is 0.562. The van der Waals surface area contributed by atoms with Crippen molar-refractivity contribution in [3.63, 3.8) is 0 Å². The highest BCUT2D eigenvalue weighted by molar-refractivity contribution is 5.75. The summed E-state index contributed by atoms with van der Waals surface area (Å²) in [6.45, 7) is 5.09. The molecule has 0 spiro atoms. The summed E-state index contributed by atoms with van der Waals surface area (Å²) < 4.78 is 0. The molecule has 1 aromatic carbocycles. The zero-order valence-corrected chi connectivity index (χ0v) is 12.9. The van der Waals surface area contributed by atoms with E-state index in [1.54, 1.807) is 6.92 Å². The van der Waals surface area contributed by atoms with Gasteiger partial charge in [-0.25, -0.2) is 0 Å². The highest BCUT2D eigenvalue weighted by atomic mass is 16.3. The van der Waals surface area contributed by atoms with Crippen LogP contribution in [0.2, 0.25) is 0 Å². The molecule has 4 nitrogen and oxygen atoms in total. The molecule has 20 heavy (non-hydrogen) atoms. The van der Waals surface area contributed by atoms with Gasteiger partial charge in [-0.2, -0.15) is 0 Å². The minimum Gasteiger partial charge on any atom is -0.389 e. The Morgan fingerprint density at radius 2 is 2.00 bits per heavy atom. The fourth-order valence-electron chi connectivity index (χ4n) is 2.16. The van der Waals surface area contributed by atoms with E-state index in [1.807, 2.05) is 39.2 Å². The molecule has 0 aromatic heterocycles. The number of aliphatic hydroxyl groups is 1. The maximum atomic E-state index is 11.4. The molecule has 1 amide bonds. The molecule has 2 N–H and O–H groups in total. The molecule has 0 saturated carbocycles. The first-order valence-corrected chi connectivity index (χ1v) is 7.13. The number of benzene rings is 1. The maximum absolute atomic E-state index is 11.4. The first-order chi connectivity index (χ1) is 9.43. The van der Waals surface area contributed by atoms with Crippen LogP contribution in [0.4, 0.5) is 0 Å². The molecule has 0 radical (unpaired) electrons. The zero-order valence-electron chi connectivity index (χ0n) is 12.9. The first kappa shape index (κ1) is 16.7. The Morgan fingerprint density at radius 3 is 2.55 bits per heavy atom. The summed E-state index contributed by atoms with van der Waals surface area (Å²) >= 11 is 0. The van der Waals surface area contributed by atoms with Crippen molar-refractivity contribution in [3.8, 4) is 0 Å². The van der Waals surface area contributed by atoms with Crippen molar-refractivity contribution in [2.24, 2.45) is 0 Å². The molecule has 2 unspecified atom stereocenters. The van der Waals surface area contributed by atoms with E-state index in [9.17, 15) is 9.90 Å². The van der Waals surface area contributed by atoms with Gasteiger partial charge in [-0.1, -0.05) is 31.2 Å². The number of likely N-dealkylation sites (N-methyl/N-ethyl adjacent to an activating group) is 1. The van der Waals surface area contributed by atoms with Crippen LogP contribution in [0.5, 0.6) is 0 Å². The van der Waals surface area contributed by atoms with Crippen molar-refractivity contribution in [1.29, 1.82) is 0 Å². The van der Waals surface area contributed by atoms with Crippen LogP contribution >= 0.6 is 0 Å². The largest absolute Gasteiger partial charge is 0.389 e. The molecule has 1 aromatic rings. The van der Waals surface area contributed by atoms with Gasteiger partial charge >= 0.3 is 0 Å². The van der Waals surface area contributed by atoms with Crippen LogP contribution in [-0.2, 0) is 4.79 Å². The number of carbonyl (C=O) groups is 1. The molecule has 2 atom stereocenters. The van der Waals surface area contributed by atoms with Crippen LogP contribution < -0.4 is 5.32 Å². The van der Waals surface area contributed by atoms with Gasteiger partial charge in [-0.05, 0) is 32.1 Å². The van der Waals surface area contributed by atoms with Crippen LogP contribution in [0, 0.1) is 0 Å². The Labute approximate surface area is 121 Å². The Balaban J connectivity index is 2.86. The number of nitrogens with zero attached hydrogens (tertiary/aromatic N) is 1. The van der Waals surface area contributed by atoms with E-state index in [4.69, 9.17) is 0 Å². The summed E-state index contributed by atoms with van der Waals surface area (Å²) in [5, 5.41) is 12.6. The van der Waals surface area contributed by atoms with Crippen molar-refractivity contribution in [1.82, 2.24) is 10.2 Å². The minimum atomic E-state index is -0.472. The highest BCUT2D eigenvalue weighted by Gasteiger charge is 2.15. The predicted molar refractivity (Wildman–Crippen MR) is 81.7 cm³/mol. The number of aliphatic hydroxyl groups excluding tert-OH is 1. The van der Waals surface area contributed by atoms with Gasteiger partial charge in [0.1, 0.15) is 0 Å². The Hall–Kier alpha value is -1.39. The van der Waals surface area contributed by atoms with Gasteiger partial charge in [-0.3, -0.25) is 4.79 Å². The summed E-state index contributed by atoms with van der Waals surface area (Å²) in [6, 6.07) is 7.96. The van der Waals surface area contributed by atoms with Crippen molar-refractivity contribution in [3.05, 3.63) is 35.4 Å². The molecule has 0 fully saturated rings. The van der Waals surface area contributed by atoms with E-state index < -0.39 is 6.10 Å². The molecular weight excluding hydrogens is 252 g/mol. The summed E-state index contributed by atoms with van der Waals surface area (Å²) in [7, 11) is 4.04. The lowest BCUT2D eigenvalue weighted by molar-refractivity contribution is -0.120. The molecule has 0 bridgehead atoms. The lowest BCUT2D eigenvalue weighted by atomic mass is 9.95. The van der Waals surface area contributed by atoms with Crippen molar-refractivity contribution in [2.45, 2.75) is 32.3 Å². The van der Waals surface area contributed by atoms with Gasteiger partial charge < -0.3 is 15.3 Å². The summed E-state index contributed by atoms with van der Waals surface area (Å²) in [6.07, 6.45) is 0.0303. The molecular formula is C16H26N2O2. The average molecular weight is 278 g/mol. The van der Waals surface area contributed by atoms with Crippen LogP contribution in [0.25, 0.3) is 0 Å². The Bertz CT molecular complexity index is 430. The van der Waals surface area contributed by atoms with E-state index in [1.165, 1.54) is 0 Å². The SMILES string of the molecule is CCC(=O)NCC(CN(C)C)c1cccc(C(C)O)c1. The second kappa shape index (κ2) is 8.02. The van der Waals surface area contributed by atoms with Crippen LogP contribution in [-0.4, -0.2) is 43.1 Å². The summed E-state index contributed by atoms with van der Waals surface area (Å²) in [5.74, 6) is 0.291. The number of rotatable bonds is 7. The first-order valence-electron chi connectivity index (χ1n) is 7.13. The number of nitrogens with one attached hydrogen (secondary N) is 1. The van der Waals surface area contributed by atoms with E-state index in [2.05, 4.69) is 16.3 Å². The number of carbonyl (C=O) groups excluding carboxylic acids is 1. The second-order valence-corrected chi connectivity index (χ2v) is 5.46. The molecule has 112 valence electrons. The van der Waals surface area contributed by atoms with Crippen LogP contribution in [0.1, 0.15) is 43.4 Å². The number of amides is 1. The Kier molecular flexibility index (Phi) is 6.68. The summed E-state index contributed by atoms with van der Waals surface area (Å²) in [4.78, 5) is 13.6. The van der Waals surface area contributed by atoms with E-state index >= 15 is 0 Å². The van der Waals surface area contributed by atoms with E-state index in [0.717, 1.165) is 17.7 Å². The number of hydrogen-bond acceptors (Lipinski definition) is 3. The molecule has 4 heteroatoms. The average Bonchev–Trinajstić information content (AvgIpc) is 2.42. The minimum absolute atomic E-state index is 0.0698. The quantitative estimate of drug-likeness (QED) is 0.801. The Morgan fingerprint density at radius 1 is 1.35 bits per heavy atom. The standard InChI is InChI=1S/C16H26N2O2/c1-5-16(20)17-10-15(11-18(3)4)14-8-6-7-13(9-14)12(2)19/h6-9,12,15,19H,5,10-11H2,1-4H3,(H,17,20). The van der Waals surface area contributed by atoms with Gasteiger partial charge in [0, 0.05) is 25.4 Å². The summed E-state index contributed by atoms with van der Waals surface area (Å²) in [5.41, 5.74) is 2.06. The van der Waals surface area contributed by atoms with E-state index in [-0.39, 0.29) is 11.8 Å². The van der Waals surface area contributed by atoms with Crippen molar-refractivity contribution in [2.75, 3.05) is 27.2 Å². The third kappa shape index (κ3) is 5.31. The van der Waals surface area contributed by atoms with E-state index in [0.29, 0.717) is 13.0 Å². The molecule has 1 rings (SSSR count). The van der Waals surface area contributed by atoms with Crippen LogP contribution in [0.3, 0.4) is 0 Å². The predicted octanol–water partition coefficient (Wildman–Crippen LogP) is 1.91. The fourth-order valence-corrected chi connectivity index (χ4v) is 2.16. The molecule has 0 aliphatic heterocycles. The van der Waals surface area contributed by atoms with Gasteiger partial charge in [-0.15, -0.1) is 0 Å². The van der Waals surface area contributed by atoms with Gasteiger partial charge in [0.05, 0.1) is 6.10 Å². The molecule has 0 aliphatic carbocycles. The van der Waals surface area contributed by atoms with Crippen LogP contribution in [0.15, 0.2) is 24.3 Å².